The van der Waals surface area contributed by atoms with E-state index in [0.29, 0.717) is 0 Å². The number of nitrogens with one attached hydrogen (secondary N) is 1. The molecule has 0 spiro atoms. The quantitative estimate of drug-likeness (QED) is 0.614. The number of thiazole rings is 1. The minimum absolute atomic E-state index is 0.0915. The Bertz CT molecular complexity index is 331. The smallest absolute Gasteiger partial charge is 0.0851 e. The van der Waals surface area contributed by atoms with Gasteiger partial charge in [-0.05, 0) is 19.8 Å². The maximum absolute atomic E-state index is 6.11. The minimum atomic E-state index is -0.0915. The number of nitrogens with two attached hydrogens (primary N) is 1. The summed E-state index contributed by atoms with van der Waals surface area (Å²) in [6.45, 7) is 2.82. The predicted molar refractivity (Wildman–Crippen MR) is 74.4 cm³/mol. The molecule has 1 aromatic rings. The lowest BCUT2D eigenvalue weighted by molar-refractivity contribution is -0.0897. The summed E-state index contributed by atoms with van der Waals surface area (Å²) in [6.07, 6.45) is 8.83. The molecule has 0 aromatic carbocycles. The van der Waals surface area contributed by atoms with E-state index in [2.05, 4.69) is 17.3 Å². The van der Waals surface area contributed by atoms with E-state index in [1.807, 2.05) is 11.7 Å². The first-order chi connectivity index (χ1) is 8.80. The highest BCUT2D eigenvalue weighted by atomic mass is 32.1. The maximum Gasteiger partial charge on any atom is 0.0851 e. The fraction of sp³-hybridized carbons (Fsp3) is 0.769. The highest BCUT2D eigenvalue weighted by molar-refractivity contribution is 7.09. The van der Waals surface area contributed by atoms with Crippen molar-refractivity contribution in [2.45, 2.75) is 57.1 Å². The van der Waals surface area contributed by atoms with Crippen LogP contribution in [0.25, 0.3) is 0 Å². The van der Waals surface area contributed by atoms with Crippen molar-refractivity contribution in [3.05, 3.63) is 16.6 Å². The second kappa shape index (κ2) is 6.61. The van der Waals surface area contributed by atoms with Crippen molar-refractivity contribution in [1.29, 1.82) is 0 Å². The van der Waals surface area contributed by atoms with Crippen LogP contribution in [0.5, 0.6) is 0 Å². The number of hydrogen-bond donors (Lipinski definition) is 2. The first-order valence-electron chi connectivity index (χ1n) is 6.78. The number of nitrogens with zero attached hydrogens (tertiary/aromatic N) is 1. The molecule has 102 valence electrons. The molecule has 0 aliphatic heterocycles. The number of aromatic nitrogens is 1. The summed E-state index contributed by atoms with van der Waals surface area (Å²) >= 11 is 1.69. The molecule has 1 unspecified atom stereocenters. The molecule has 1 aliphatic rings. The molecule has 1 heterocycles. The molecule has 0 amide bonds. The molecule has 1 aromatic heterocycles. The molecule has 5 heteroatoms. The van der Waals surface area contributed by atoms with Gasteiger partial charge in [0.15, 0.2) is 0 Å². The fourth-order valence-electron chi connectivity index (χ4n) is 2.97. The van der Waals surface area contributed by atoms with E-state index < -0.39 is 0 Å². The summed E-state index contributed by atoms with van der Waals surface area (Å²) in [6, 6.07) is 0.179. The molecule has 1 saturated carbocycles. The second-order valence-electron chi connectivity index (χ2n) is 4.95. The van der Waals surface area contributed by atoms with Crippen molar-refractivity contribution < 1.29 is 4.74 Å². The molecule has 4 nitrogen and oxygen atoms in total. The third-order valence-electron chi connectivity index (χ3n) is 3.86. The van der Waals surface area contributed by atoms with Crippen LogP contribution in [0.1, 0.15) is 43.9 Å². The van der Waals surface area contributed by atoms with E-state index in [4.69, 9.17) is 10.6 Å². The highest BCUT2D eigenvalue weighted by Gasteiger charge is 2.40. The zero-order chi connectivity index (χ0) is 12.8. The van der Waals surface area contributed by atoms with Crippen LogP contribution in [-0.2, 0) is 11.2 Å². The van der Waals surface area contributed by atoms with Crippen LogP contribution >= 0.6 is 11.3 Å². The molecular formula is C13H23N3OS. The van der Waals surface area contributed by atoms with Gasteiger partial charge in [-0.2, -0.15) is 0 Å². The van der Waals surface area contributed by atoms with Gasteiger partial charge in [0.25, 0.3) is 0 Å². The molecular weight excluding hydrogens is 246 g/mol. The molecule has 0 saturated heterocycles. The average molecular weight is 269 g/mol. The van der Waals surface area contributed by atoms with Crippen LogP contribution in [0, 0.1) is 0 Å². The summed E-state index contributed by atoms with van der Waals surface area (Å²) in [4.78, 5) is 5.40. The van der Waals surface area contributed by atoms with E-state index >= 15 is 0 Å². The van der Waals surface area contributed by atoms with E-state index in [0.717, 1.165) is 25.9 Å². The first kappa shape index (κ1) is 13.9. The Morgan fingerprint density at radius 3 is 2.83 bits per heavy atom. The van der Waals surface area contributed by atoms with Gasteiger partial charge in [0, 0.05) is 24.1 Å². The lowest BCUT2D eigenvalue weighted by atomic mass is 9.78. The largest absolute Gasteiger partial charge is 0.374 e. The van der Waals surface area contributed by atoms with Crippen LogP contribution in [0.2, 0.25) is 0 Å². The van der Waals surface area contributed by atoms with Crippen molar-refractivity contribution >= 4 is 11.3 Å². The Morgan fingerprint density at radius 2 is 2.28 bits per heavy atom. The lowest BCUT2D eigenvalue weighted by Gasteiger charge is -2.43. The zero-order valence-electron chi connectivity index (χ0n) is 11.0. The Balaban J connectivity index is 2.10. The normalized spacial score (nSPS) is 20.8. The molecule has 1 aliphatic carbocycles. The van der Waals surface area contributed by atoms with Crippen molar-refractivity contribution in [2.24, 2.45) is 5.84 Å². The topological polar surface area (TPSA) is 60.2 Å². The number of hydrazine groups is 1. The fourth-order valence-corrected chi connectivity index (χ4v) is 3.61. The van der Waals surface area contributed by atoms with Gasteiger partial charge in [0.2, 0.25) is 0 Å². The SMILES string of the molecule is CCOC1(C(Cc2cncs2)NN)CCCCC1. The van der Waals surface area contributed by atoms with Gasteiger partial charge in [-0.15, -0.1) is 11.3 Å². The van der Waals surface area contributed by atoms with Crippen LogP contribution < -0.4 is 11.3 Å². The number of rotatable bonds is 6. The molecule has 3 N–H and O–H groups in total. The predicted octanol–water partition coefficient (Wildman–Crippen LogP) is 2.26. The Hall–Kier alpha value is -0.490. The van der Waals surface area contributed by atoms with Crippen molar-refractivity contribution in [2.75, 3.05) is 6.61 Å². The Morgan fingerprint density at radius 1 is 1.50 bits per heavy atom. The van der Waals surface area contributed by atoms with Gasteiger partial charge in [0.05, 0.1) is 17.2 Å². The van der Waals surface area contributed by atoms with E-state index in [9.17, 15) is 0 Å². The standard InChI is InChI=1S/C13H23N3OS/c1-2-17-13(6-4-3-5-7-13)12(16-14)8-11-9-15-10-18-11/h9-10,12,16H,2-8,14H2,1H3. The van der Waals surface area contributed by atoms with Gasteiger partial charge in [-0.1, -0.05) is 19.3 Å². The molecule has 18 heavy (non-hydrogen) atoms. The molecule has 0 bridgehead atoms. The summed E-state index contributed by atoms with van der Waals surface area (Å²) in [5, 5.41) is 0. The van der Waals surface area contributed by atoms with E-state index in [-0.39, 0.29) is 11.6 Å². The van der Waals surface area contributed by atoms with E-state index in [1.165, 1.54) is 24.1 Å². The average Bonchev–Trinajstić information content (AvgIpc) is 2.90. The van der Waals surface area contributed by atoms with Crippen LogP contribution in [0.4, 0.5) is 0 Å². The minimum Gasteiger partial charge on any atom is -0.374 e. The Kier molecular flexibility index (Phi) is 5.12. The van der Waals surface area contributed by atoms with Gasteiger partial charge in [-0.3, -0.25) is 16.3 Å². The number of ether oxygens (including phenoxy) is 1. The molecule has 2 rings (SSSR count). The van der Waals surface area contributed by atoms with Crippen LogP contribution in [0.15, 0.2) is 11.7 Å². The third-order valence-corrected chi connectivity index (χ3v) is 4.66. The van der Waals surface area contributed by atoms with Crippen molar-refractivity contribution in [1.82, 2.24) is 10.4 Å². The van der Waals surface area contributed by atoms with Crippen LogP contribution in [0.3, 0.4) is 0 Å². The van der Waals surface area contributed by atoms with Crippen molar-refractivity contribution in [3.8, 4) is 0 Å². The molecule has 1 atom stereocenters. The summed E-state index contributed by atoms with van der Waals surface area (Å²) in [7, 11) is 0. The summed E-state index contributed by atoms with van der Waals surface area (Å²) in [5.74, 6) is 5.79. The molecule has 1 fully saturated rings. The van der Waals surface area contributed by atoms with Gasteiger partial charge < -0.3 is 4.74 Å². The zero-order valence-corrected chi connectivity index (χ0v) is 11.8. The lowest BCUT2D eigenvalue weighted by Crippen LogP contribution is -2.56. The second-order valence-corrected chi connectivity index (χ2v) is 5.92. The van der Waals surface area contributed by atoms with Gasteiger partial charge >= 0.3 is 0 Å². The summed E-state index contributed by atoms with van der Waals surface area (Å²) in [5.41, 5.74) is 4.77. The first-order valence-corrected chi connectivity index (χ1v) is 7.66. The van der Waals surface area contributed by atoms with Gasteiger partial charge in [-0.25, -0.2) is 0 Å². The highest BCUT2D eigenvalue weighted by Crippen LogP contribution is 2.35. The van der Waals surface area contributed by atoms with Crippen LogP contribution in [-0.4, -0.2) is 23.2 Å². The number of hydrogen-bond acceptors (Lipinski definition) is 5. The van der Waals surface area contributed by atoms with Crippen molar-refractivity contribution in [3.63, 3.8) is 0 Å². The van der Waals surface area contributed by atoms with E-state index in [1.54, 1.807) is 11.3 Å². The third kappa shape index (κ3) is 3.09. The molecule has 0 radical (unpaired) electrons. The monoisotopic (exact) mass is 269 g/mol. The Labute approximate surface area is 113 Å². The maximum atomic E-state index is 6.11. The van der Waals surface area contributed by atoms with Gasteiger partial charge in [0.1, 0.15) is 0 Å². The summed E-state index contributed by atoms with van der Waals surface area (Å²) < 4.78 is 6.11.